The normalized spacial score (nSPS) is 12.8. The molecule has 0 fully saturated rings. The van der Waals surface area contributed by atoms with Crippen LogP contribution in [-0.2, 0) is 20.0 Å². The molecule has 114 valence electrons. The summed E-state index contributed by atoms with van der Waals surface area (Å²) in [5, 5.41) is 0. The monoisotopic (exact) mass is 321 g/mol. The van der Waals surface area contributed by atoms with Crippen molar-refractivity contribution in [3.8, 4) is 0 Å². The highest BCUT2D eigenvalue weighted by Crippen LogP contribution is 2.17. The first-order chi connectivity index (χ1) is 9.06. The molecule has 0 amide bonds. The zero-order valence-corrected chi connectivity index (χ0v) is 13.3. The number of aryl methyl sites for hydroxylation is 1. The summed E-state index contributed by atoms with van der Waals surface area (Å²) in [7, 11) is -4.42. The number of rotatable bonds is 6. The third-order valence-corrected chi connectivity index (χ3v) is 6.15. The van der Waals surface area contributed by atoms with Crippen LogP contribution in [0.1, 0.15) is 5.56 Å². The molecule has 3 N–H and O–H groups in total. The number of hydrogen-bond donors (Lipinski definition) is 2. The predicted molar refractivity (Wildman–Crippen MR) is 78.3 cm³/mol. The van der Waals surface area contributed by atoms with Crippen molar-refractivity contribution in [2.24, 2.45) is 0 Å². The first-order valence-corrected chi connectivity index (χ1v) is 8.91. The Morgan fingerprint density at radius 3 is 2.35 bits per heavy atom. The number of nitrogen functional groups attached to an aromatic ring is 1. The molecular weight excluding hydrogens is 302 g/mol. The second-order valence-electron chi connectivity index (χ2n) is 4.52. The third kappa shape index (κ3) is 4.17. The first kappa shape index (κ1) is 16.9. The van der Waals surface area contributed by atoms with E-state index in [0.29, 0.717) is 11.3 Å². The Morgan fingerprint density at radius 1 is 1.20 bits per heavy atom. The van der Waals surface area contributed by atoms with E-state index in [2.05, 4.69) is 4.72 Å². The number of nitrogens with two attached hydrogens (primary N) is 1. The molecule has 0 heterocycles. The van der Waals surface area contributed by atoms with Crippen LogP contribution in [0.3, 0.4) is 0 Å². The second-order valence-corrected chi connectivity index (χ2v) is 8.56. The molecule has 0 spiro atoms. The van der Waals surface area contributed by atoms with Gasteiger partial charge in [-0.1, -0.05) is 6.07 Å². The largest absolute Gasteiger partial charge is 0.399 e. The van der Waals surface area contributed by atoms with E-state index in [9.17, 15) is 16.8 Å². The van der Waals surface area contributed by atoms with Crippen LogP contribution in [-0.4, -0.2) is 47.5 Å². The smallest absolute Gasteiger partial charge is 0.240 e. The SMILES string of the molecule is Cc1ccc(N)cc1S(=O)(=O)NCCS(=O)(=O)N(C)C. The topological polar surface area (TPSA) is 110 Å². The Morgan fingerprint density at radius 2 is 1.80 bits per heavy atom. The van der Waals surface area contributed by atoms with Gasteiger partial charge in [-0.25, -0.2) is 25.9 Å². The highest BCUT2D eigenvalue weighted by Gasteiger charge is 2.19. The third-order valence-electron chi connectivity index (χ3n) is 2.71. The van der Waals surface area contributed by atoms with Gasteiger partial charge in [0, 0.05) is 26.3 Å². The van der Waals surface area contributed by atoms with Crippen LogP contribution in [0.15, 0.2) is 23.1 Å². The maximum atomic E-state index is 12.1. The summed E-state index contributed by atoms with van der Waals surface area (Å²) in [6.07, 6.45) is 0. The van der Waals surface area contributed by atoms with E-state index in [1.807, 2.05) is 0 Å². The van der Waals surface area contributed by atoms with E-state index in [-0.39, 0.29) is 17.2 Å². The number of benzene rings is 1. The minimum absolute atomic E-state index is 0.0553. The van der Waals surface area contributed by atoms with E-state index in [0.717, 1.165) is 4.31 Å². The zero-order chi connectivity index (χ0) is 15.6. The molecule has 0 aliphatic rings. The van der Waals surface area contributed by atoms with Crippen LogP contribution in [0.2, 0.25) is 0 Å². The molecule has 0 unspecified atom stereocenters. The molecule has 0 bridgehead atoms. The van der Waals surface area contributed by atoms with E-state index in [4.69, 9.17) is 5.73 Å². The fourth-order valence-electron chi connectivity index (χ4n) is 1.47. The van der Waals surface area contributed by atoms with Gasteiger partial charge in [-0.2, -0.15) is 0 Å². The van der Waals surface area contributed by atoms with Crippen molar-refractivity contribution in [3.05, 3.63) is 23.8 Å². The molecule has 1 rings (SSSR count). The van der Waals surface area contributed by atoms with Crippen LogP contribution in [0, 0.1) is 6.92 Å². The molecule has 0 atom stereocenters. The molecule has 9 heteroatoms. The van der Waals surface area contributed by atoms with Crippen molar-refractivity contribution >= 4 is 25.7 Å². The van der Waals surface area contributed by atoms with Gasteiger partial charge in [0.05, 0.1) is 10.6 Å². The maximum Gasteiger partial charge on any atom is 0.240 e. The van der Waals surface area contributed by atoms with Crippen LogP contribution in [0.5, 0.6) is 0 Å². The van der Waals surface area contributed by atoms with Gasteiger partial charge in [-0.05, 0) is 24.6 Å². The number of anilines is 1. The molecule has 0 aliphatic carbocycles. The maximum absolute atomic E-state index is 12.1. The molecule has 0 aliphatic heterocycles. The lowest BCUT2D eigenvalue weighted by molar-refractivity contribution is 0.519. The average molecular weight is 321 g/mol. The van der Waals surface area contributed by atoms with Crippen molar-refractivity contribution < 1.29 is 16.8 Å². The Kier molecular flexibility index (Phi) is 5.14. The van der Waals surface area contributed by atoms with Gasteiger partial charge in [-0.3, -0.25) is 0 Å². The zero-order valence-electron chi connectivity index (χ0n) is 11.6. The van der Waals surface area contributed by atoms with Gasteiger partial charge >= 0.3 is 0 Å². The molecule has 1 aromatic carbocycles. The van der Waals surface area contributed by atoms with Gasteiger partial charge in [0.25, 0.3) is 0 Å². The first-order valence-electron chi connectivity index (χ1n) is 5.82. The summed E-state index contributed by atoms with van der Waals surface area (Å²) in [6.45, 7) is 1.45. The highest BCUT2D eigenvalue weighted by atomic mass is 32.2. The minimum atomic E-state index is -3.77. The molecule has 1 aromatic rings. The highest BCUT2D eigenvalue weighted by molar-refractivity contribution is 7.90. The van der Waals surface area contributed by atoms with Crippen LogP contribution >= 0.6 is 0 Å². The van der Waals surface area contributed by atoms with Crippen molar-refractivity contribution in [1.29, 1.82) is 0 Å². The summed E-state index contributed by atoms with van der Waals surface area (Å²) in [6, 6.07) is 4.55. The molecule has 7 nitrogen and oxygen atoms in total. The Hall–Kier alpha value is -1.16. The summed E-state index contributed by atoms with van der Waals surface area (Å²) in [5.41, 5.74) is 6.44. The second kappa shape index (κ2) is 6.08. The van der Waals surface area contributed by atoms with Gasteiger partial charge in [0.2, 0.25) is 20.0 Å². The number of nitrogens with zero attached hydrogens (tertiary/aromatic N) is 1. The molecule has 0 saturated heterocycles. The molecular formula is C11H19N3O4S2. The predicted octanol–water partition coefficient (Wildman–Crippen LogP) is -0.253. The van der Waals surface area contributed by atoms with Gasteiger partial charge < -0.3 is 5.73 Å². The lowest BCUT2D eigenvalue weighted by Crippen LogP contribution is -2.34. The van der Waals surface area contributed by atoms with Crippen LogP contribution < -0.4 is 10.5 Å². The van der Waals surface area contributed by atoms with Crippen molar-refractivity contribution in [3.63, 3.8) is 0 Å². The van der Waals surface area contributed by atoms with Crippen molar-refractivity contribution in [2.75, 3.05) is 32.1 Å². The van der Waals surface area contributed by atoms with Gasteiger partial charge in [0.1, 0.15) is 0 Å². The number of nitrogens with one attached hydrogen (secondary N) is 1. The summed E-state index contributed by atoms with van der Waals surface area (Å²) < 4.78 is 50.6. The number of sulfonamides is 2. The fourth-order valence-corrected chi connectivity index (χ4v) is 3.64. The Balaban J connectivity index is 2.84. The molecule has 20 heavy (non-hydrogen) atoms. The molecule has 0 radical (unpaired) electrons. The van der Waals surface area contributed by atoms with E-state index < -0.39 is 20.0 Å². The Bertz CT molecular complexity index is 682. The molecule has 0 saturated carbocycles. The fraction of sp³-hybridized carbons (Fsp3) is 0.455. The minimum Gasteiger partial charge on any atom is -0.399 e. The number of hydrogen-bond acceptors (Lipinski definition) is 5. The standard InChI is InChI=1S/C11H19N3O4S2/c1-9-4-5-10(12)8-11(9)20(17,18)13-6-7-19(15,16)14(2)3/h4-5,8,13H,6-7,12H2,1-3H3. The van der Waals surface area contributed by atoms with Crippen molar-refractivity contribution in [1.82, 2.24) is 9.03 Å². The quantitative estimate of drug-likeness (QED) is 0.702. The Labute approximate surface area is 119 Å². The van der Waals surface area contributed by atoms with E-state index in [1.54, 1.807) is 19.1 Å². The van der Waals surface area contributed by atoms with E-state index >= 15 is 0 Å². The molecule has 0 aromatic heterocycles. The van der Waals surface area contributed by atoms with Gasteiger partial charge in [-0.15, -0.1) is 0 Å². The average Bonchev–Trinajstić information content (AvgIpc) is 2.31. The lowest BCUT2D eigenvalue weighted by atomic mass is 10.2. The van der Waals surface area contributed by atoms with Crippen LogP contribution in [0.25, 0.3) is 0 Å². The summed E-state index contributed by atoms with van der Waals surface area (Å²) in [5.74, 6) is -0.305. The van der Waals surface area contributed by atoms with Crippen molar-refractivity contribution in [2.45, 2.75) is 11.8 Å². The van der Waals surface area contributed by atoms with Gasteiger partial charge in [0.15, 0.2) is 0 Å². The van der Waals surface area contributed by atoms with Crippen LogP contribution in [0.4, 0.5) is 5.69 Å². The lowest BCUT2D eigenvalue weighted by Gasteiger charge is -2.13. The summed E-state index contributed by atoms with van der Waals surface area (Å²) in [4.78, 5) is 0.0553. The van der Waals surface area contributed by atoms with E-state index in [1.165, 1.54) is 20.2 Å². The summed E-state index contributed by atoms with van der Waals surface area (Å²) >= 11 is 0.